The van der Waals surface area contributed by atoms with Crippen LogP contribution in [0.2, 0.25) is 0 Å². The number of aryl methyl sites for hydroxylation is 2. The summed E-state index contributed by atoms with van der Waals surface area (Å²) in [6.45, 7) is 8.09. The molecule has 0 unspecified atom stereocenters. The molecule has 0 bridgehead atoms. The van der Waals surface area contributed by atoms with Crippen LogP contribution >= 0.6 is 11.3 Å². The molecule has 0 aliphatic carbocycles. The first kappa shape index (κ1) is 17.9. The molecule has 0 aliphatic rings. The van der Waals surface area contributed by atoms with E-state index in [2.05, 4.69) is 15.6 Å². The zero-order valence-corrected chi connectivity index (χ0v) is 15.0. The molecule has 2 rings (SSSR count). The van der Waals surface area contributed by atoms with Crippen molar-refractivity contribution in [1.82, 2.24) is 15.6 Å². The van der Waals surface area contributed by atoms with Crippen LogP contribution in [0.25, 0.3) is 0 Å². The Morgan fingerprint density at radius 1 is 1.21 bits per heavy atom. The number of urea groups is 1. The Morgan fingerprint density at radius 2 is 1.83 bits per heavy atom. The number of carbonyl (C=O) groups is 2. The van der Waals surface area contributed by atoms with Crippen LogP contribution in [0.5, 0.6) is 0 Å². The second kappa shape index (κ2) is 7.00. The van der Waals surface area contributed by atoms with Gasteiger partial charge < -0.3 is 15.7 Å². The predicted molar refractivity (Wildman–Crippen MR) is 93.4 cm³/mol. The highest BCUT2D eigenvalue weighted by Gasteiger charge is 2.26. The number of benzene rings is 1. The second-order valence-corrected chi connectivity index (χ2v) is 7.30. The van der Waals surface area contributed by atoms with E-state index >= 15 is 0 Å². The quantitative estimate of drug-likeness (QED) is 0.774. The Morgan fingerprint density at radius 3 is 2.33 bits per heavy atom. The summed E-state index contributed by atoms with van der Waals surface area (Å²) in [5.41, 5.74) is 1.46. The number of nitrogens with zero attached hydrogens (tertiary/aromatic N) is 1. The minimum atomic E-state index is -0.969. The van der Waals surface area contributed by atoms with Gasteiger partial charge in [-0.15, -0.1) is 11.3 Å². The number of amides is 2. The van der Waals surface area contributed by atoms with Crippen LogP contribution in [0.3, 0.4) is 0 Å². The summed E-state index contributed by atoms with van der Waals surface area (Å²) in [7, 11) is 0. The Balaban J connectivity index is 1.93. The summed E-state index contributed by atoms with van der Waals surface area (Å²) in [5, 5.41) is 15.4. The number of aromatic carboxylic acids is 1. The molecule has 1 aromatic carbocycles. The summed E-state index contributed by atoms with van der Waals surface area (Å²) in [6.07, 6.45) is 0. The van der Waals surface area contributed by atoms with Crippen molar-refractivity contribution in [3.8, 4) is 0 Å². The van der Waals surface area contributed by atoms with Crippen LogP contribution in [0.1, 0.15) is 45.3 Å². The van der Waals surface area contributed by atoms with Gasteiger partial charge in [0.25, 0.3) is 0 Å². The van der Waals surface area contributed by atoms with Crippen LogP contribution in [0.15, 0.2) is 24.3 Å². The molecule has 2 aromatic rings. The number of carboxylic acid groups (broad SMARTS) is 1. The van der Waals surface area contributed by atoms with Gasteiger partial charge in [0, 0.05) is 11.4 Å². The van der Waals surface area contributed by atoms with E-state index in [1.807, 2.05) is 27.7 Å². The average molecular weight is 347 g/mol. The molecule has 0 saturated carbocycles. The third-order valence-corrected chi connectivity index (χ3v) is 5.04. The lowest BCUT2D eigenvalue weighted by molar-refractivity contribution is 0.0697. The molecule has 0 atom stereocenters. The monoisotopic (exact) mass is 347 g/mol. The van der Waals surface area contributed by atoms with Gasteiger partial charge in [0.15, 0.2) is 0 Å². The molecule has 0 spiro atoms. The summed E-state index contributed by atoms with van der Waals surface area (Å²) in [6, 6.07) is 6.10. The molecule has 1 aromatic heterocycles. The molecule has 0 aliphatic heterocycles. The van der Waals surface area contributed by atoms with Crippen molar-refractivity contribution in [3.05, 3.63) is 51.0 Å². The number of carboxylic acids is 1. The van der Waals surface area contributed by atoms with E-state index in [1.165, 1.54) is 12.1 Å². The Labute approximate surface area is 144 Å². The molecule has 7 heteroatoms. The van der Waals surface area contributed by atoms with E-state index < -0.39 is 11.5 Å². The van der Waals surface area contributed by atoms with Gasteiger partial charge in [-0.2, -0.15) is 0 Å². The normalized spacial score (nSPS) is 11.2. The van der Waals surface area contributed by atoms with Crippen molar-refractivity contribution >= 4 is 23.3 Å². The lowest BCUT2D eigenvalue weighted by Crippen LogP contribution is -2.46. The maximum absolute atomic E-state index is 12.1. The van der Waals surface area contributed by atoms with E-state index in [0.29, 0.717) is 6.54 Å². The van der Waals surface area contributed by atoms with Gasteiger partial charge in [0.05, 0.1) is 16.8 Å². The van der Waals surface area contributed by atoms with E-state index in [0.717, 1.165) is 21.1 Å². The van der Waals surface area contributed by atoms with Gasteiger partial charge in [-0.3, -0.25) is 0 Å². The molecule has 0 radical (unpaired) electrons. The molecular weight excluding hydrogens is 326 g/mol. The number of hydrogen-bond acceptors (Lipinski definition) is 4. The lowest BCUT2D eigenvalue weighted by Gasteiger charge is -2.24. The van der Waals surface area contributed by atoms with Crippen molar-refractivity contribution < 1.29 is 14.7 Å². The Hall–Kier alpha value is -2.41. The first-order valence-electron chi connectivity index (χ1n) is 7.52. The van der Waals surface area contributed by atoms with Gasteiger partial charge in [0.2, 0.25) is 0 Å². The third kappa shape index (κ3) is 4.32. The van der Waals surface area contributed by atoms with Crippen molar-refractivity contribution in [2.45, 2.75) is 39.8 Å². The first-order valence-corrected chi connectivity index (χ1v) is 8.33. The van der Waals surface area contributed by atoms with Gasteiger partial charge in [-0.25, -0.2) is 14.6 Å². The van der Waals surface area contributed by atoms with Crippen molar-refractivity contribution in [3.63, 3.8) is 0 Å². The van der Waals surface area contributed by atoms with E-state index in [-0.39, 0.29) is 11.6 Å². The van der Waals surface area contributed by atoms with Crippen molar-refractivity contribution in [1.29, 1.82) is 0 Å². The molecule has 2 amide bonds. The van der Waals surface area contributed by atoms with Crippen molar-refractivity contribution in [2.24, 2.45) is 0 Å². The van der Waals surface area contributed by atoms with E-state index in [9.17, 15) is 9.59 Å². The SMILES string of the molecule is Cc1nc(C(C)(C)NC(=O)NCc2ccc(C(=O)O)cc2)sc1C. The molecule has 0 saturated heterocycles. The second-order valence-electron chi connectivity index (χ2n) is 6.10. The number of aromatic nitrogens is 1. The summed E-state index contributed by atoms with van der Waals surface area (Å²) in [5.74, 6) is -0.969. The number of hydrogen-bond donors (Lipinski definition) is 3. The molecule has 0 fully saturated rings. The van der Waals surface area contributed by atoms with Crippen LogP contribution in [-0.2, 0) is 12.1 Å². The highest BCUT2D eigenvalue weighted by Crippen LogP contribution is 2.27. The van der Waals surface area contributed by atoms with Crippen molar-refractivity contribution in [2.75, 3.05) is 0 Å². The molecule has 1 heterocycles. The van der Waals surface area contributed by atoms with Gasteiger partial charge >= 0.3 is 12.0 Å². The van der Waals surface area contributed by atoms with Crippen LogP contribution in [0.4, 0.5) is 4.79 Å². The number of thiazole rings is 1. The fraction of sp³-hybridized carbons (Fsp3) is 0.353. The smallest absolute Gasteiger partial charge is 0.335 e. The van der Waals surface area contributed by atoms with Crippen LogP contribution < -0.4 is 10.6 Å². The zero-order valence-electron chi connectivity index (χ0n) is 14.1. The Kier molecular flexibility index (Phi) is 5.23. The number of carbonyl (C=O) groups excluding carboxylic acids is 1. The summed E-state index contributed by atoms with van der Waals surface area (Å²) < 4.78 is 0. The molecule has 128 valence electrons. The fourth-order valence-electron chi connectivity index (χ4n) is 2.07. The standard InChI is InChI=1S/C17H21N3O3S/c1-10-11(2)24-15(19-10)17(3,4)20-16(23)18-9-12-5-7-13(8-6-12)14(21)22/h5-8H,9H2,1-4H3,(H,21,22)(H2,18,20,23). The molecular formula is C17H21N3O3S. The highest BCUT2D eigenvalue weighted by molar-refractivity contribution is 7.11. The Bertz CT molecular complexity index is 731. The summed E-state index contributed by atoms with van der Waals surface area (Å²) in [4.78, 5) is 28.6. The van der Waals surface area contributed by atoms with E-state index in [1.54, 1.807) is 23.5 Å². The molecule has 6 nitrogen and oxygen atoms in total. The summed E-state index contributed by atoms with van der Waals surface area (Å²) >= 11 is 1.57. The topological polar surface area (TPSA) is 91.3 Å². The molecule has 3 N–H and O–H groups in total. The minimum absolute atomic E-state index is 0.221. The van der Waals surface area contributed by atoms with Gasteiger partial charge in [-0.05, 0) is 45.4 Å². The highest BCUT2D eigenvalue weighted by atomic mass is 32.1. The largest absolute Gasteiger partial charge is 0.478 e. The molecule has 24 heavy (non-hydrogen) atoms. The van der Waals surface area contributed by atoms with E-state index in [4.69, 9.17) is 5.11 Å². The minimum Gasteiger partial charge on any atom is -0.478 e. The maximum atomic E-state index is 12.1. The third-order valence-electron chi connectivity index (χ3n) is 3.64. The van der Waals surface area contributed by atoms with Crippen LogP contribution in [0, 0.1) is 13.8 Å². The number of rotatable bonds is 5. The lowest BCUT2D eigenvalue weighted by atomic mass is 10.1. The maximum Gasteiger partial charge on any atom is 0.335 e. The predicted octanol–water partition coefficient (Wildman–Crippen LogP) is 3.19. The van der Waals surface area contributed by atoms with Gasteiger partial charge in [0.1, 0.15) is 5.01 Å². The number of nitrogens with one attached hydrogen (secondary N) is 2. The average Bonchev–Trinajstić information content (AvgIpc) is 2.85. The first-order chi connectivity index (χ1) is 11.2. The van der Waals surface area contributed by atoms with Gasteiger partial charge in [-0.1, -0.05) is 12.1 Å². The van der Waals surface area contributed by atoms with Crippen LogP contribution in [-0.4, -0.2) is 22.1 Å². The fourth-order valence-corrected chi connectivity index (χ4v) is 3.04. The zero-order chi connectivity index (χ0) is 17.9.